The van der Waals surface area contributed by atoms with Gasteiger partial charge in [0.2, 0.25) is 5.88 Å². The Kier molecular flexibility index (Phi) is 4.20. The fraction of sp³-hybridized carbons (Fsp3) is 0.615. The van der Waals surface area contributed by atoms with Crippen LogP contribution in [0.2, 0.25) is 0 Å². The van der Waals surface area contributed by atoms with E-state index in [0.717, 1.165) is 31.1 Å². The quantitative estimate of drug-likeness (QED) is 0.865. The molecule has 4 heteroatoms. The topological polar surface area (TPSA) is 43.4 Å². The maximum Gasteiger partial charge on any atom is 0.216 e. The second-order valence-corrected chi connectivity index (χ2v) is 4.51. The van der Waals surface area contributed by atoms with Gasteiger partial charge in [-0.1, -0.05) is 0 Å². The fourth-order valence-electron chi connectivity index (χ4n) is 2.08. The van der Waals surface area contributed by atoms with Crippen LogP contribution in [0, 0.1) is 12.8 Å². The van der Waals surface area contributed by atoms with Crippen molar-refractivity contribution in [1.29, 1.82) is 0 Å². The molecule has 1 saturated heterocycles. The van der Waals surface area contributed by atoms with Crippen molar-refractivity contribution in [3.63, 3.8) is 0 Å². The molecule has 0 bridgehead atoms. The van der Waals surface area contributed by atoms with Crippen LogP contribution in [-0.4, -0.2) is 31.8 Å². The highest BCUT2D eigenvalue weighted by molar-refractivity contribution is 5.29. The molecule has 1 aliphatic rings. The molecule has 1 fully saturated rings. The average Bonchev–Trinajstić information content (AvgIpc) is 2.37. The Morgan fingerprint density at radius 1 is 1.47 bits per heavy atom. The Hall–Kier alpha value is -1.29. The minimum atomic E-state index is 0.613. The molecule has 1 aromatic rings. The Labute approximate surface area is 102 Å². The van der Waals surface area contributed by atoms with Crippen LogP contribution >= 0.6 is 0 Å². The first-order valence-corrected chi connectivity index (χ1v) is 6.14. The van der Waals surface area contributed by atoms with Crippen molar-refractivity contribution in [2.24, 2.45) is 5.92 Å². The molecule has 0 amide bonds. The number of piperidine rings is 1. The van der Waals surface area contributed by atoms with Crippen molar-refractivity contribution in [3.8, 4) is 11.6 Å². The molecule has 1 aliphatic heterocycles. The van der Waals surface area contributed by atoms with Gasteiger partial charge in [-0.25, -0.2) is 4.98 Å². The SMILES string of the molecule is COc1cc(OC[C@H]2CCCNC2)cc(C)n1. The number of pyridine rings is 1. The van der Waals surface area contributed by atoms with Gasteiger partial charge in [0.05, 0.1) is 13.7 Å². The van der Waals surface area contributed by atoms with Crippen LogP contribution in [-0.2, 0) is 0 Å². The van der Waals surface area contributed by atoms with Crippen LogP contribution in [0.25, 0.3) is 0 Å². The highest BCUT2D eigenvalue weighted by atomic mass is 16.5. The summed E-state index contributed by atoms with van der Waals surface area (Å²) in [6.07, 6.45) is 2.49. The predicted octanol–water partition coefficient (Wildman–Crippen LogP) is 1.78. The lowest BCUT2D eigenvalue weighted by Crippen LogP contribution is -2.33. The third kappa shape index (κ3) is 3.60. The maximum absolute atomic E-state index is 5.81. The Bertz CT molecular complexity index is 362. The fourth-order valence-corrected chi connectivity index (χ4v) is 2.08. The third-order valence-corrected chi connectivity index (χ3v) is 3.00. The van der Waals surface area contributed by atoms with Gasteiger partial charge in [0.1, 0.15) is 5.75 Å². The van der Waals surface area contributed by atoms with E-state index in [1.807, 2.05) is 19.1 Å². The van der Waals surface area contributed by atoms with Crippen molar-refractivity contribution in [1.82, 2.24) is 10.3 Å². The summed E-state index contributed by atoms with van der Waals surface area (Å²) in [6.45, 7) is 4.90. The molecule has 0 aromatic carbocycles. The van der Waals surface area contributed by atoms with E-state index in [4.69, 9.17) is 9.47 Å². The second kappa shape index (κ2) is 5.87. The van der Waals surface area contributed by atoms with Gasteiger partial charge in [0.25, 0.3) is 0 Å². The number of methoxy groups -OCH3 is 1. The maximum atomic E-state index is 5.81. The van der Waals surface area contributed by atoms with Crippen LogP contribution in [0.5, 0.6) is 11.6 Å². The minimum Gasteiger partial charge on any atom is -0.493 e. The molecule has 0 aliphatic carbocycles. The lowest BCUT2D eigenvalue weighted by atomic mass is 10.0. The normalized spacial score (nSPS) is 20.0. The molecule has 2 heterocycles. The number of hydrogen-bond donors (Lipinski definition) is 1. The molecule has 2 rings (SSSR count). The van der Waals surface area contributed by atoms with Crippen LogP contribution in [0.1, 0.15) is 18.5 Å². The van der Waals surface area contributed by atoms with Crippen molar-refractivity contribution in [2.45, 2.75) is 19.8 Å². The summed E-state index contributed by atoms with van der Waals surface area (Å²) in [5, 5.41) is 3.39. The van der Waals surface area contributed by atoms with Gasteiger partial charge >= 0.3 is 0 Å². The highest BCUT2D eigenvalue weighted by Crippen LogP contribution is 2.20. The number of aromatic nitrogens is 1. The lowest BCUT2D eigenvalue weighted by molar-refractivity contribution is 0.217. The van der Waals surface area contributed by atoms with E-state index < -0.39 is 0 Å². The molecule has 0 saturated carbocycles. The highest BCUT2D eigenvalue weighted by Gasteiger charge is 2.13. The third-order valence-electron chi connectivity index (χ3n) is 3.00. The van der Waals surface area contributed by atoms with Crippen LogP contribution in [0.15, 0.2) is 12.1 Å². The summed E-state index contributed by atoms with van der Waals surface area (Å²) in [4.78, 5) is 4.23. The average molecular weight is 236 g/mol. The molecule has 4 nitrogen and oxygen atoms in total. The van der Waals surface area contributed by atoms with Gasteiger partial charge in [-0.3, -0.25) is 0 Å². The first-order chi connectivity index (χ1) is 8.28. The number of nitrogens with one attached hydrogen (secondary N) is 1. The summed E-state index contributed by atoms with van der Waals surface area (Å²) < 4.78 is 10.9. The zero-order valence-corrected chi connectivity index (χ0v) is 10.5. The van der Waals surface area contributed by atoms with Gasteiger partial charge in [-0.15, -0.1) is 0 Å². The monoisotopic (exact) mass is 236 g/mol. The minimum absolute atomic E-state index is 0.613. The van der Waals surface area contributed by atoms with Gasteiger partial charge in [0, 0.05) is 30.3 Å². The van der Waals surface area contributed by atoms with Gasteiger partial charge < -0.3 is 14.8 Å². The molecule has 1 aromatic heterocycles. The molecule has 17 heavy (non-hydrogen) atoms. The second-order valence-electron chi connectivity index (χ2n) is 4.51. The number of aryl methyl sites for hydroxylation is 1. The Morgan fingerprint density at radius 2 is 2.35 bits per heavy atom. The molecule has 0 radical (unpaired) electrons. The number of ether oxygens (including phenoxy) is 2. The summed E-state index contributed by atoms with van der Waals surface area (Å²) in [7, 11) is 1.62. The van der Waals surface area contributed by atoms with Crippen LogP contribution < -0.4 is 14.8 Å². The van der Waals surface area contributed by atoms with Crippen molar-refractivity contribution >= 4 is 0 Å². The van der Waals surface area contributed by atoms with Crippen LogP contribution in [0.4, 0.5) is 0 Å². The number of hydrogen-bond acceptors (Lipinski definition) is 4. The van der Waals surface area contributed by atoms with E-state index in [1.165, 1.54) is 12.8 Å². The van der Waals surface area contributed by atoms with E-state index in [2.05, 4.69) is 10.3 Å². The smallest absolute Gasteiger partial charge is 0.216 e. The summed E-state index contributed by atoms with van der Waals surface area (Å²) >= 11 is 0. The first-order valence-electron chi connectivity index (χ1n) is 6.14. The van der Waals surface area contributed by atoms with Crippen molar-refractivity contribution in [2.75, 3.05) is 26.8 Å². The molecule has 1 N–H and O–H groups in total. The molecular weight excluding hydrogens is 216 g/mol. The van der Waals surface area contributed by atoms with E-state index >= 15 is 0 Å². The Balaban J connectivity index is 1.91. The lowest BCUT2D eigenvalue weighted by Gasteiger charge is -2.22. The standard InChI is InChI=1S/C13H20N2O2/c1-10-6-12(7-13(15-10)16-2)17-9-11-4-3-5-14-8-11/h6-7,11,14H,3-5,8-9H2,1-2H3/t11-/m0/s1. The molecule has 1 atom stereocenters. The summed E-state index contributed by atoms with van der Waals surface area (Å²) in [5.41, 5.74) is 0.918. The summed E-state index contributed by atoms with van der Waals surface area (Å²) in [6, 6.07) is 3.78. The first kappa shape index (κ1) is 12.2. The molecule has 0 unspecified atom stereocenters. The van der Waals surface area contributed by atoms with Crippen LogP contribution in [0.3, 0.4) is 0 Å². The number of rotatable bonds is 4. The zero-order chi connectivity index (χ0) is 12.1. The van der Waals surface area contributed by atoms with Gasteiger partial charge in [0.15, 0.2) is 0 Å². The number of nitrogens with zero attached hydrogens (tertiary/aromatic N) is 1. The molecule has 94 valence electrons. The largest absolute Gasteiger partial charge is 0.493 e. The predicted molar refractivity (Wildman–Crippen MR) is 66.6 cm³/mol. The molecule has 0 spiro atoms. The van der Waals surface area contributed by atoms with E-state index in [0.29, 0.717) is 11.8 Å². The Morgan fingerprint density at radius 3 is 3.06 bits per heavy atom. The molecular formula is C13H20N2O2. The van der Waals surface area contributed by atoms with Crippen molar-refractivity contribution < 1.29 is 9.47 Å². The zero-order valence-electron chi connectivity index (χ0n) is 10.5. The van der Waals surface area contributed by atoms with E-state index in [1.54, 1.807) is 7.11 Å². The van der Waals surface area contributed by atoms with Crippen molar-refractivity contribution in [3.05, 3.63) is 17.8 Å². The summed E-state index contributed by atoms with van der Waals surface area (Å²) in [5.74, 6) is 2.07. The van der Waals surface area contributed by atoms with Gasteiger partial charge in [-0.2, -0.15) is 0 Å². The van der Waals surface area contributed by atoms with E-state index in [9.17, 15) is 0 Å². The van der Waals surface area contributed by atoms with E-state index in [-0.39, 0.29) is 0 Å². The van der Waals surface area contributed by atoms with Gasteiger partial charge in [-0.05, 0) is 26.3 Å².